The van der Waals surface area contributed by atoms with Crippen LogP contribution in [0, 0.1) is 5.92 Å². The van der Waals surface area contributed by atoms with Gasteiger partial charge < -0.3 is 4.74 Å². The highest BCUT2D eigenvalue weighted by atomic mass is 19.3. The molecule has 0 amide bonds. The van der Waals surface area contributed by atoms with Gasteiger partial charge in [0.15, 0.2) is 0 Å². The van der Waals surface area contributed by atoms with Gasteiger partial charge in [-0.15, -0.1) is 0 Å². The Morgan fingerprint density at radius 2 is 2.11 bits per heavy atom. The van der Waals surface area contributed by atoms with E-state index in [1.165, 1.54) is 0 Å². The van der Waals surface area contributed by atoms with Gasteiger partial charge in [0.25, 0.3) is 0 Å². The van der Waals surface area contributed by atoms with E-state index >= 15 is 0 Å². The summed E-state index contributed by atoms with van der Waals surface area (Å²) in [6.07, 6.45) is 3.34. The van der Waals surface area contributed by atoms with Crippen molar-refractivity contribution in [2.45, 2.75) is 32.1 Å². The standard InChI is InChI=1S/C14H18F2O2/c1-4-5-10(2)6-11(3)9-18-13(17)12-7-14(15,16)8-12/h4-5,12H,1,3,6-9H2,2H3/b10-5+. The molecule has 4 heteroatoms. The van der Waals surface area contributed by atoms with Crippen LogP contribution in [0.15, 0.2) is 36.5 Å². The van der Waals surface area contributed by atoms with Gasteiger partial charge in [0.2, 0.25) is 5.92 Å². The number of hydrogen-bond acceptors (Lipinski definition) is 2. The Morgan fingerprint density at radius 3 is 2.61 bits per heavy atom. The molecule has 1 aliphatic rings. The second-order valence-corrected chi connectivity index (χ2v) is 4.74. The summed E-state index contributed by atoms with van der Waals surface area (Å²) in [5, 5.41) is 0. The van der Waals surface area contributed by atoms with Crippen molar-refractivity contribution in [3.05, 3.63) is 36.5 Å². The van der Waals surface area contributed by atoms with E-state index in [2.05, 4.69) is 13.2 Å². The van der Waals surface area contributed by atoms with E-state index < -0.39 is 30.7 Å². The summed E-state index contributed by atoms with van der Waals surface area (Å²) >= 11 is 0. The molecule has 0 atom stereocenters. The van der Waals surface area contributed by atoms with Crippen LogP contribution in [0.25, 0.3) is 0 Å². The van der Waals surface area contributed by atoms with Crippen LogP contribution in [-0.4, -0.2) is 18.5 Å². The minimum atomic E-state index is -2.69. The van der Waals surface area contributed by atoms with E-state index in [1.54, 1.807) is 6.08 Å². The zero-order valence-electron chi connectivity index (χ0n) is 10.5. The second-order valence-electron chi connectivity index (χ2n) is 4.74. The molecule has 1 saturated carbocycles. The van der Waals surface area contributed by atoms with Gasteiger partial charge in [-0.3, -0.25) is 4.79 Å². The van der Waals surface area contributed by atoms with E-state index in [4.69, 9.17) is 4.74 Å². The lowest BCUT2D eigenvalue weighted by molar-refractivity contribution is -0.170. The Kier molecular flexibility index (Phi) is 4.82. The van der Waals surface area contributed by atoms with Crippen LogP contribution in [0.1, 0.15) is 26.2 Å². The predicted octanol–water partition coefficient (Wildman–Crippen LogP) is 3.65. The zero-order chi connectivity index (χ0) is 13.8. The zero-order valence-corrected chi connectivity index (χ0v) is 10.5. The van der Waals surface area contributed by atoms with Crippen LogP contribution in [0.4, 0.5) is 8.78 Å². The molecule has 1 fully saturated rings. The largest absolute Gasteiger partial charge is 0.461 e. The molecule has 0 aliphatic heterocycles. The summed E-state index contributed by atoms with van der Waals surface area (Å²) in [6, 6.07) is 0. The predicted molar refractivity (Wildman–Crippen MR) is 66.3 cm³/mol. The van der Waals surface area contributed by atoms with Crippen molar-refractivity contribution < 1.29 is 18.3 Å². The fourth-order valence-corrected chi connectivity index (χ4v) is 1.82. The molecule has 0 bridgehead atoms. The van der Waals surface area contributed by atoms with E-state index in [0.29, 0.717) is 6.42 Å². The monoisotopic (exact) mass is 256 g/mol. The van der Waals surface area contributed by atoms with Crippen molar-refractivity contribution in [3.8, 4) is 0 Å². The third-order valence-corrected chi connectivity index (χ3v) is 2.77. The first-order valence-electron chi connectivity index (χ1n) is 5.83. The summed E-state index contributed by atoms with van der Waals surface area (Å²) in [4.78, 5) is 11.4. The van der Waals surface area contributed by atoms with Crippen LogP contribution in [-0.2, 0) is 9.53 Å². The fourth-order valence-electron chi connectivity index (χ4n) is 1.82. The number of esters is 1. The molecule has 0 N–H and O–H groups in total. The van der Waals surface area contributed by atoms with Crippen molar-refractivity contribution in [1.82, 2.24) is 0 Å². The first-order valence-corrected chi connectivity index (χ1v) is 5.83. The number of halogens is 2. The molecule has 1 aliphatic carbocycles. The quantitative estimate of drug-likeness (QED) is 0.412. The van der Waals surface area contributed by atoms with Crippen molar-refractivity contribution >= 4 is 5.97 Å². The van der Waals surface area contributed by atoms with Crippen LogP contribution >= 0.6 is 0 Å². The number of alkyl halides is 2. The lowest BCUT2D eigenvalue weighted by Crippen LogP contribution is -2.40. The SMILES string of the molecule is C=C/C=C(\C)CC(=C)COC(=O)C1CC(F)(F)C1. The van der Waals surface area contributed by atoms with E-state index in [1.807, 2.05) is 13.0 Å². The maximum Gasteiger partial charge on any atom is 0.309 e. The maximum absolute atomic E-state index is 12.6. The van der Waals surface area contributed by atoms with Gasteiger partial charge in [-0.05, 0) is 18.9 Å². The Morgan fingerprint density at radius 1 is 1.50 bits per heavy atom. The third-order valence-electron chi connectivity index (χ3n) is 2.77. The van der Waals surface area contributed by atoms with Crippen molar-refractivity contribution in [2.75, 3.05) is 6.61 Å². The Hall–Kier alpha value is -1.45. The molecule has 0 radical (unpaired) electrons. The number of hydrogen-bond donors (Lipinski definition) is 0. The van der Waals surface area contributed by atoms with Crippen LogP contribution < -0.4 is 0 Å². The van der Waals surface area contributed by atoms with Crippen molar-refractivity contribution in [3.63, 3.8) is 0 Å². The van der Waals surface area contributed by atoms with Gasteiger partial charge in [0.1, 0.15) is 6.61 Å². The average molecular weight is 256 g/mol. The second kappa shape index (κ2) is 5.94. The lowest BCUT2D eigenvalue weighted by atomic mass is 9.81. The Bertz CT molecular complexity index is 375. The topological polar surface area (TPSA) is 26.3 Å². The van der Waals surface area contributed by atoms with Gasteiger partial charge in [-0.25, -0.2) is 8.78 Å². The molecule has 18 heavy (non-hydrogen) atoms. The van der Waals surface area contributed by atoms with Crippen LogP contribution in [0.2, 0.25) is 0 Å². The first kappa shape index (κ1) is 14.6. The summed E-state index contributed by atoms with van der Waals surface area (Å²) in [7, 11) is 0. The molecule has 2 nitrogen and oxygen atoms in total. The van der Waals surface area contributed by atoms with E-state index in [0.717, 1.165) is 11.1 Å². The smallest absolute Gasteiger partial charge is 0.309 e. The van der Waals surface area contributed by atoms with Gasteiger partial charge >= 0.3 is 5.97 Å². The lowest BCUT2D eigenvalue weighted by Gasteiger charge is -2.32. The fraction of sp³-hybridized carbons (Fsp3) is 0.500. The van der Waals surface area contributed by atoms with Gasteiger partial charge in [-0.1, -0.05) is 30.9 Å². The molecule has 0 unspecified atom stereocenters. The number of allylic oxidation sites excluding steroid dienone is 3. The van der Waals surface area contributed by atoms with E-state index in [9.17, 15) is 13.6 Å². The highest BCUT2D eigenvalue weighted by Gasteiger charge is 2.49. The molecule has 0 aromatic rings. The first-order chi connectivity index (χ1) is 8.34. The van der Waals surface area contributed by atoms with Gasteiger partial charge in [0, 0.05) is 12.8 Å². The minimum absolute atomic E-state index is 0.0865. The Balaban J connectivity index is 2.25. The Labute approximate surface area is 106 Å². The van der Waals surface area contributed by atoms with Crippen LogP contribution in [0.3, 0.4) is 0 Å². The number of ether oxygens (including phenoxy) is 1. The normalized spacial score (nSPS) is 18.9. The van der Waals surface area contributed by atoms with Gasteiger partial charge in [0.05, 0.1) is 5.92 Å². The molecule has 0 aromatic heterocycles. The van der Waals surface area contributed by atoms with Crippen molar-refractivity contribution in [2.24, 2.45) is 5.92 Å². The minimum Gasteiger partial charge on any atom is -0.461 e. The number of carbonyl (C=O) groups excluding carboxylic acids is 1. The molecular formula is C14H18F2O2. The molecule has 0 heterocycles. The number of rotatable bonds is 6. The van der Waals surface area contributed by atoms with Crippen molar-refractivity contribution in [1.29, 1.82) is 0 Å². The van der Waals surface area contributed by atoms with Gasteiger partial charge in [-0.2, -0.15) is 0 Å². The van der Waals surface area contributed by atoms with Crippen LogP contribution in [0.5, 0.6) is 0 Å². The maximum atomic E-state index is 12.6. The molecule has 0 aromatic carbocycles. The molecule has 0 spiro atoms. The molecule has 0 saturated heterocycles. The summed E-state index contributed by atoms with van der Waals surface area (Å²) < 4.78 is 30.1. The third kappa shape index (κ3) is 4.43. The summed E-state index contributed by atoms with van der Waals surface area (Å²) in [6.45, 7) is 9.36. The summed E-state index contributed by atoms with van der Waals surface area (Å²) in [5.41, 5.74) is 1.80. The molecule has 1 rings (SSSR count). The summed E-state index contributed by atoms with van der Waals surface area (Å²) in [5.74, 6) is -3.89. The molecule has 100 valence electrons. The average Bonchev–Trinajstić information content (AvgIpc) is 2.22. The van der Waals surface area contributed by atoms with E-state index in [-0.39, 0.29) is 6.61 Å². The highest BCUT2D eigenvalue weighted by molar-refractivity contribution is 5.74. The highest BCUT2D eigenvalue weighted by Crippen LogP contribution is 2.42. The number of carbonyl (C=O) groups is 1. The molecular weight excluding hydrogens is 238 g/mol.